The van der Waals surface area contributed by atoms with Crippen molar-refractivity contribution in [3.63, 3.8) is 0 Å². The lowest BCUT2D eigenvalue weighted by atomic mass is 10.1. The first-order valence-corrected chi connectivity index (χ1v) is 7.76. The van der Waals surface area contributed by atoms with Crippen molar-refractivity contribution in [1.29, 1.82) is 0 Å². The number of nitrogens with zero attached hydrogens (tertiary/aromatic N) is 3. The van der Waals surface area contributed by atoms with E-state index in [2.05, 4.69) is 10.1 Å². The molecule has 3 aromatic rings. The van der Waals surface area contributed by atoms with Crippen molar-refractivity contribution in [3.8, 4) is 11.3 Å². The quantitative estimate of drug-likeness (QED) is 0.580. The van der Waals surface area contributed by atoms with Crippen LogP contribution in [0.3, 0.4) is 0 Å². The number of fused-ring (bicyclic) bond motifs is 1. The standard InChI is InChI=1S/C17H16F2N4O2/c1-3-10-8-13(17(24)25-4-2)21-16-14(19)15(22-23(10)16)11-6-5-9(20)7-12(11)18/h5-8H,3-4,20H2,1-2H3. The lowest BCUT2D eigenvalue weighted by molar-refractivity contribution is 0.0519. The van der Waals surface area contributed by atoms with E-state index in [-0.39, 0.29) is 34.9 Å². The van der Waals surface area contributed by atoms with Crippen molar-refractivity contribution in [3.05, 3.63) is 47.3 Å². The highest BCUT2D eigenvalue weighted by Gasteiger charge is 2.22. The van der Waals surface area contributed by atoms with E-state index in [0.717, 1.165) is 6.07 Å². The molecule has 6 nitrogen and oxygen atoms in total. The molecule has 0 fully saturated rings. The van der Waals surface area contributed by atoms with Crippen LogP contribution in [0.1, 0.15) is 30.0 Å². The number of nitrogens with two attached hydrogens (primary N) is 1. The summed E-state index contributed by atoms with van der Waals surface area (Å²) in [7, 11) is 0. The Bertz CT molecular complexity index is 969. The number of aromatic nitrogens is 3. The molecule has 0 atom stereocenters. The molecule has 0 radical (unpaired) electrons. The highest BCUT2D eigenvalue weighted by atomic mass is 19.1. The predicted molar refractivity (Wildman–Crippen MR) is 88.1 cm³/mol. The van der Waals surface area contributed by atoms with Gasteiger partial charge in [0.05, 0.1) is 6.61 Å². The SMILES string of the molecule is CCOC(=O)c1cc(CC)n2nc(-c3ccc(N)cc3F)c(F)c2n1. The molecule has 8 heteroatoms. The van der Waals surface area contributed by atoms with Gasteiger partial charge in [-0.25, -0.2) is 23.1 Å². The number of carbonyl (C=O) groups excluding carboxylic acids is 1. The number of nitrogen functional groups attached to an aromatic ring is 1. The molecule has 2 N–H and O–H groups in total. The zero-order chi connectivity index (χ0) is 18.1. The van der Waals surface area contributed by atoms with Crippen molar-refractivity contribution >= 4 is 17.3 Å². The normalized spacial score (nSPS) is 11.0. The Morgan fingerprint density at radius 3 is 2.68 bits per heavy atom. The molecular formula is C17H16F2N4O2. The van der Waals surface area contributed by atoms with E-state index in [1.165, 1.54) is 22.7 Å². The summed E-state index contributed by atoms with van der Waals surface area (Å²) >= 11 is 0. The number of halogens is 2. The second-order valence-electron chi connectivity index (χ2n) is 5.34. The first-order valence-electron chi connectivity index (χ1n) is 7.76. The van der Waals surface area contributed by atoms with E-state index >= 15 is 0 Å². The van der Waals surface area contributed by atoms with Crippen LogP contribution in [0.15, 0.2) is 24.3 Å². The molecule has 2 aromatic heterocycles. The Kier molecular flexibility index (Phi) is 4.35. The fourth-order valence-corrected chi connectivity index (χ4v) is 2.51. The van der Waals surface area contributed by atoms with Gasteiger partial charge in [-0.3, -0.25) is 0 Å². The number of carbonyl (C=O) groups is 1. The fraction of sp³-hybridized carbons (Fsp3) is 0.235. The summed E-state index contributed by atoms with van der Waals surface area (Å²) in [6.45, 7) is 3.67. The van der Waals surface area contributed by atoms with Gasteiger partial charge in [-0.05, 0) is 37.6 Å². The summed E-state index contributed by atoms with van der Waals surface area (Å²) in [5, 5.41) is 4.14. The third-order valence-corrected chi connectivity index (χ3v) is 3.70. The van der Waals surface area contributed by atoms with Gasteiger partial charge in [0, 0.05) is 16.9 Å². The molecule has 0 spiro atoms. The Morgan fingerprint density at radius 2 is 2.04 bits per heavy atom. The van der Waals surface area contributed by atoms with Gasteiger partial charge in [-0.2, -0.15) is 5.10 Å². The number of rotatable bonds is 4. The summed E-state index contributed by atoms with van der Waals surface area (Å²) in [5.74, 6) is -2.16. The number of benzene rings is 1. The van der Waals surface area contributed by atoms with E-state index in [1.807, 2.05) is 6.92 Å². The average Bonchev–Trinajstić information content (AvgIpc) is 2.91. The molecule has 0 aliphatic carbocycles. The van der Waals surface area contributed by atoms with Crippen LogP contribution >= 0.6 is 0 Å². The summed E-state index contributed by atoms with van der Waals surface area (Å²) in [4.78, 5) is 15.9. The minimum absolute atomic E-state index is 0.0191. The maximum atomic E-state index is 14.8. The monoisotopic (exact) mass is 346 g/mol. The van der Waals surface area contributed by atoms with Gasteiger partial charge in [0.2, 0.25) is 0 Å². The molecule has 3 rings (SSSR count). The van der Waals surface area contributed by atoms with Crippen LogP contribution in [0.2, 0.25) is 0 Å². The second-order valence-corrected chi connectivity index (χ2v) is 5.34. The van der Waals surface area contributed by atoms with Crippen molar-refractivity contribution < 1.29 is 18.3 Å². The summed E-state index contributed by atoms with van der Waals surface area (Å²) in [5.41, 5.74) is 5.90. The fourth-order valence-electron chi connectivity index (χ4n) is 2.51. The van der Waals surface area contributed by atoms with E-state index in [4.69, 9.17) is 10.5 Å². The Morgan fingerprint density at radius 1 is 1.28 bits per heavy atom. The smallest absolute Gasteiger partial charge is 0.357 e. The van der Waals surface area contributed by atoms with Crippen molar-refractivity contribution in [1.82, 2.24) is 14.6 Å². The molecule has 2 heterocycles. The first kappa shape index (κ1) is 16.8. The number of esters is 1. The van der Waals surface area contributed by atoms with Crippen LogP contribution in [-0.4, -0.2) is 27.2 Å². The van der Waals surface area contributed by atoms with Crippen LogP contribution in [0.4, 0.5) is 14.5 Å². The number of hydrogen-bond acceptors (Lipinski definition) is 5. The molecule has 25 heavy (non-hydrogen) atoms. The van der Waals surface area contributed by atoms with Gasteiger partial charge in [0.1, 0.15) is 11.5 Å². The molecule has 0 saturated carbocycles. The topological polar surface area (TPSA) is 82.5 Å². The molecule has 0 unspecified atom stereocenters. The Balaban J connectivity index is 2.23. The number of hydrogen-bond donors (Lipinski definition) is 1. The minimum atomic E-state index is -0.815. The van der Waals surface area contributed by atoms with Crippen LogP contribution in [-0.2, 0) is 11.2 Å². The largest absolute Gasteiger partial charge is 0.461 e. The molecule has 0 aliphatic rings. The second kappa shape index (κ2) is 6.46. The van der Waals surface area contributed by atoms with Crippen molar-refractivity contribution in [2.75, 3.05) is 12.3 Å². The van der Waals surface area contributed by atoms with Crippen molar-refractivity contribution in [2.24, 2.45) is 0 Å². The zero-order valence-electron chi connectivity index (χ0n) is 13.7. The molecule has 0 saturated heterocycles. The molecule has 1 aromatic carbocycles. The Hall–Kier alpha value is -3.03. The van der Waals surface area contributed by atoms with E-state index in [9.17, 15) is 13.6 Å². The predicted octanol–water partition coefficient (Wildman–Crippen LogP) is 3.00. The molecule has 0 bridgehead atoms. The van der Waals surface area contributed by atoms with Gasteiger partial charge in [0.25, 0.3) is 0 Å². The number of ether oxygens (including phenoxy) is 1. The van der Waals surface area contributed by atoms with Crippen LogP contribution < -0.4 is 5.73 Å². The molecule has 130 valence electrons. The van der Waals surface area contributed by atoms with Gasteiger partial charge >= 0.3 is 5.97 Å². The molecule has 0 aliphatic heterocycles. The van der Waals surface area contributed by atoms with Gasteiger partial charge in [-0.1, -0.05) is 6.92 Å². The number of aryl methyl sites for hydroxylation is 1. The van der Waals surface area contributed by atoms with Crippen molar-refractivity contribution in [2.45, 2.75) is 20.3 Å². The van der Waals surface area contributed by atoms with E-state index in [0.29, 0.717) is 12.1 Å². The third-order valence-electron chi connectivity index (χ3n) is 3.70. The van der Waals surface area contributed by atoms with E-state index in [1.54, 1.807) is 6.92 Å². The maximum Gasteiger partial charge on any atom is 0.357 e. The molecule has 0 amide bonds. The summed E-state index contributed by atoms with van der Waals surface area (Å²) in [6, 6.07) is 5.39. The number of anilines is 1. The summed E-state index contributed by atoms with van der Waals surface area (Å²) in [6.07, 6.45) is 0.468. The zero-order valence-corrected chi connectivity index (χ0v) is 13.7. The summed E-state index contributed by atoms with van der Waals surface area (Å²) < 4.78 is 35.2. The maximum absolute atomic E-state index is 14.8. The average molecular weight is 346 g/mol. The van der Waals surface area contributed by atoms with Crippen LogP contribution in [0, 0.1) is 11.6 Å². The Labute approximate surface area is 142 Å². The minimum Gasteiger partial charge on any atom is -0.461 e. The molecular weight excluding hydrogens is 330 g/mol. The van der Waals surface area contributed by atoms with Gasteiger partial charge in [0.15, 0.2) is 17.2 Å². The van der Waals surface area contributed by atoms with Crippen LogP contribution in [0.25, 0.3) is 16.9 Å². The van der Waals surface area contributed by atoms with Gasteiger partial charge < -0.3 is 10.5 Å². The highest BCUT2D eigenvalue weighted by molar-refractivity contribution is 5.88. The van der Waals surface area contributed by atoms with Crippen LogP contribution in [0.5, 0.6) is 0 Å². The lowest BCUT2D eigenvalue weighted by Crippen LogP contribution is -2.11. The first-order chi connectivity index (χ1) is 12.0. The van der Waals surface area contributed by atoms with Gasteiger partial charge in [-0.15, -0.1) is 0 Å². The third kappa shape index (κ3) is 2.90. The lowest BCUT2D eigenvalue weighted by Gasteiger charge is -2.05. The van der Waals surface area contributed by atoms with E-state index < -0.39 is 17.6 Å². The highest BCUT2D eigenvalue weighted by Crippen LogP contribution is 2.28.